The average Bonchev–Trinajstić information content (AvgIpc) is 2.23. The summed E-state index contributed by atoms with van der Waals surface area (Å²) >= 11 is 0. The molecule has 0 saturated heterocycles. The smallest absolute Gasteiger partial charge is 0.127 e. The van der Waals surface area contributed by atoms with E-state index in [-0.39, 0.29) is 0 Å². The Morgan fingerprint density at radius 1 is 1.29 bits per heavy atom. The molecule has 0 spiro atoms. The molecule has 14 heavy (non-hydrogen) atoms. The highest BCUT2D eigenvalue weighted by molar-refractivity contribution is 5.96. The van der Waals surface area contributed by atoms with Crippen LogP contribution >= 0.6 is 0 Å². The number of rotatable bonds is 2. The number of hydrogen-bond acceptors (Lipinski definition) is 3. The fraction of sp³-hybridized carbons (Fsp3) is 0.182. The van der Waals surface area contributed by atoms with Crippen molar-refractivity contribution in [3.8, 4) is 5.75 Å². The van der Waals surface area contributed by atoms with Gasteiger partial charge in [0.2, 0.25) is 0 Å². The van der Waals surface area contributed by atoms with E-state index in [0.717, 1.165) is 22.2 Å². The van der Waals surface area contributed by atoms with Crippen LogP contribution in [0.25, 0.3) is 10.8 Å². The highest BCUT2D eigenvalue weighted by Crippen LogP contribution is 2.28. The average molecular weight is 188 g/mol. The van der Waals surface area contributed by atoms with Crippen LogP contribution in [-0.4, -0.2) is 11.6 Å². The third kappa shape index (κ3) is 1.37. The first-order valence-electron chi connectivity index (χ1n) is 4.58. The van der Waals surface area contributed by atoms with E-state index in [1.54, 1.807) is 12.4 Å². The summed E-state index contributed by atoms with van der Waals surface area (Å²) in [5, 5.41) is 1.96. The minimum Gasteiger partial charge on any atom is -0.493 e. The van der Waals surface area contributed by atoms with Crippen LogP contribution in [0.3, 0.4) is 0 Å². The molecule has 0 bridgehead atoms. The molecule has 0 aliphatic carbocycles. The molecule has 0 fully saturated rings. The van der Waals surface area contributed by atoms with Gasteiger partial charge in [0.25, 0.3) is 0 Å². The van der Waals surface area contributed by atoms with Crippen LogP contribution in [0.4, 0.5) is 5.69 Å². The number of pyridine rings is 1. The van der Waals surface area contributed by atoms with Gasteiger partial charge in [-0.15, -0.1) is 0 Å². The molecule has 2 N–H and O–H groups in total. The van der Waals surface area contributed by atoms with Crippen molar-refractivity contribution in [1.82, 2.24) is 4.98 Å². The summed E-state index contributed by atoms with van der Waals surface area (Å²) in [6.07, 6.45) is 3.50. The predicted molar refractivity (Wildman–Crippen MR) is 57.3 cm³/mol. The number of anilines is 1. The van der Waals surface area contributed by atoms with Gasteiger partial charge >= 0.3 is 0 Å². The van der Waals surface area contributed by atoms with Crippen molar-refractivity contribution in [3.63, 3.8) is 0 Å². The topological polar surface area (TPSA) is 48.1 Å². The Balaban J connectivity index is 2.68. The Morgan fingerprint density at radius 3 is 2.93 bits per heavy atom. The van der Waals surface area contributed by atoms with Gasteiger partial charge in [0, 0.05) is 28.9 Å². The van der Waals surface area contributed by atoms with E-state index in [4.69, 9.17) is 10.5 Å². The van der Waals surface area contributed by atoms with Gasteiger partial charge in [0.15, 0.2) is 0 Å². The number of fused-ring (bicyclic) bond motifs is 1. The van der Waals surface area contributed by atoms with Crippen LogP contribution < -0.4 is 10.5 Å². The van der Waals surface area contributed by atoms with Crippen LogP contribution in [0, 0.1) is 0 Å². The van der Waals surface area contributed by atoms with Crippen LogP contribution in [0.15, 0.2) is 30.6 Å². The summed E-state index contributed by atoms with van der Waals surface area (Å²) in [5.41, 5.74) is 6.56. The molecule has 0 aliphatic heterocycles. The van der Waals surface area contributed by atoms with Crippen molar-refractivity contribution in [1.29, 1.82) is 0 Å². The molecule has 1 aromatic carbocycles. The number of ether oxygens (including phenoxy) is 1. The summed E-state index contributed by atoms with van der Waals surface area (Å²) in [6.45, 7) is 2.62. The highest BCUT2D eigenvalue weighted by Gasteiger charge is 2.03. The number of hydrogen-bond donors (Lipinski definition) is 1. The van der Waals surface area contributed by atoms with Gasteiger partial charge in [-0.1, -0.05) is 0 Å². The number of nitrogens with two attached hydrogens (primary N) is 1. The van der Waals surface area contributed by atoms with E-state index < -0.39 is 0 Å². The zero-order valence-corrected chi connectivity index (χ0v) is 8.03. The second-order valence-corrected chi connectivity index (χ2v) is 3.01. The summed E-state index contributed by atoms with van der Waals surface area (Å²) in [7, 11) is 0. The summed E-state index contributed by atoms with van der Waals surface area (Å²) in [5.74, 6) is 0.860. The SMILES string of the molecule is CCOc1ccc(N)c2cnccc12. The molecule has 1 aromatic heterocycles. The predicted octanol–water partition coefficient (Wildman–Crippen LogP) is 2.22. The second kappa shape index (κ2) is 3.54. The molecule has 0 saturated carbocycles. The summed E-state index contributed by atoms with van der Waals surface area (Å²) < 4.78 is 5.49. The van der Waals surface area contributed by atoms with Crippen molar-refractivity contribution in [2.75, 3.05) is 12.3 Å². The van der Waals surface area contributed by atoms with Crippen LogP contribution in [0.1, 0.15) is 6.92 Å². The summed E-state index contributed by atoms with van der Waals surface area (Å²) in [6, 6.07) is 5.65. The molecule has 0 amide bonds. The maximum atomic E-state index is 5.83. The van der Waals surface area contributed by atoms with Crippen molar-refractivity contribution >= 4 is 16.5 Å². The standard InChI is InChI=1S/C11H12N2O/c1-2-14-11-4-3-10(12)9-7-13-6-5-8(9)11/h3-7H,2,12H2,1H3. The van der Waals surface area contributed by atoms with Crippen molar-refractivity contribution in [3.05, 3.63) is 30.6 Å². The number of benzene rings is 1. The highest BCUT2D eigenvalue weighted by atomic mass is 16.5. The number of aromatic nitrogens is 1. The largest absolute Gasteiger partial charge is 0.493 e. The van der Waals surface area contributed by atoms with Gasteiger partial charge in [-0.25, -0.2) is 0 Å². The Hall–Kier alpha value is -1.77. The lowest BCUT2D eigenvalue weighted by atomic mass is 10.1. The first-order chi connectivity index (χ1) is 6.83. The van der Waals surface area contributed by atoms with Gasteiger partial charge in [0.1, 0.15) is 5.75 Å². The third-order valence-electron chi connectivity index (χ3n) is 2.11. The van der Waals surface area contributed by atoms with Crippen molar-refractivity contribution < 1.29 is 4.74 Å². The molecule has 0 unspecified atom stereocenters. The summed E-state index contributed by atoms with van der Waals surface area (Å²) in [4.78, 5) is 4.04. The van der Waals surface area contributed by atoms with Gasteiger partial charge in [-0.2, -0.15) is 0 Å². The molecular formula is C11H12N2O. The van der Waals surface area contributed by atoms with E-state index in [0.29, 0.717) is 6.61 Å². The maximum absolute atomic E-state index is 5.83. The fourth-order valence-electron chi connectivity index (χ4n) is 1.47. The van der Waals surface area contributed by atoms with E-state index in [1.165, 1.54) is 0 Å². The maximum Gasteiger partial charge on any atom is 0.127 e. The lowest BCUT2D eigenvalue weighted by Crippen LogP contribution is -1.94. The molecular weight excluding hydrogens is 176 g/mol. The van der Waals surface area contributed by atoms with Crippen molar-refractivity contribution in [2.24, 2.45) is 0 Å². The van der Waals surface area contributed by atoms with E-state index >= 15 is 0 Å². The number of nitrogens with zero attached hydrogens (tertiary/aromatic N) is 1. The third-order valence-corrected chi connectivity index (χ3v) is 2.11. The van der Waals surface area contributed by atoms with E-state index in [1.807, 2.05) is 25.1 Å². The first kappa shape index (κ1) is 8.81. The van der Waals surface area contributed by atoms with Crippen LogP contribution in [0.2, 0.25) is 0 Å². The van der Waals surface area contributed by atoms with Gasteiger partial charge < -0.3 is 10.5 Å². The molecule has 3 nitrogen and oxygen atoms in total. The minimum absolute atomic E-state index is 0.654. The lowest BCUT2D eigenvalue weighted by Gasteiger charge is -2.08. The number of nitrogen functional groups attached to an aromatic ring is 1. The van der Waals surface area contributed by atoms with Crippen LogP contribution in [0.5, 0.6) is 5.75 Å². The molecule has 0 aliphatic rings. The van der Waals surface area contributed by atoms with E-state index in [9.17, 15) is 0 Å². The minimum atomic E-state index is 0.654. The van der Waals surface area contributed by atoms with Gasteiger partial charge in [-0.3, -0.25) is 4.98 Å². The van der Waals surface area contributed by atoms with Crippen LogP contribution in [-0.2, 0) is 0 Å². The normalized spacial score (nSPS) is 10.4. The molecule has 0 atom stereocenters. The molecule has 72 valence electrons. The fourth-order valence-corrected chi connectivity index (χ4v) is 1.47. The zero-order chi connectivity index (χ0) is 9.97. The molecule has 2 aromatic rings. The Bertz CT molecular complexity index is 454. The molecule has 1 heterocycles. The first-order valence-corrected chi connectivity index (χ1v) is 4.58. The Labute approximate surface area is 82.5 Å². The molecule has 0 radical (unpaired) electrons. The van der Waals surface area contributed by atoms with Gasteiger partial charge in [0.05, 0.1) is 6.61 Å². The molecule has 3 heteroatoms. The lowest BCUT2D eigenvalue weighted by molar-refractivity contribution is 0.344. The van der Waals surface area contributed by atoms with Gasteiger partial charge in [-0.05, 0) is 25.1 Å². The Kier molecular flexibility index (Phi) is 2.23. The Morgan fingerprint density at radius 2 is 2.14 bits per heavy atom. The second-order valence-electron chi connectivity index (χ2n) is 3.01. The van der Waals surface area contributed by atoms with E-state index in [2.05, 4.69) is 4.98 Å². The van der Waals surface area contributed by atoms with Crippen molar-refractivity contribution in [2.45, 2.75) is 6.92 Å². The zero-order valence-electron chi connectivity index (χ0n) is 8.03. The molecule has 2 rings (SSSR count). The quantitative estimate of drug-likeness (QED) is 0.735. The monoisotopic (exact) mass is 188 g/mol.